The third-order valence-corrected chi connectivity index (χ3v) is 4.16. The second-order valence-corrected chi connectivity index (χ2v) is 5.87. The summed E-state index contributed by atoms with van der Waals surface area (Å²) in [5, 5.41) is 14.5. The summed E-state index contributed by atoms with van der Waals surface area (Å²) in [6.45, 7) is 2.76. The van der Waals surface area contributed by atoms with Crippen LogP contribution in [0.5, 0.6) is 5.75 Å². The van der Waals surface area contributed by atoms with Gasteiger partial charge in [-0.15, -0.1) is 6.42 Å². The Labute approximate surface area is 147 Å². The van der Waals surface area contributed by atoms with E-state index in [1.165, 1.54) is 0 Å². The number of urea groups is 1. The zero-order chi connectivity index (χ0) is 18.2. The summed E-state index contributed by atoms with van der Waals surface area (Å²) in [6, 6.07) is 6.97. The molecule has 1 saturated carbocycles. The molecular formula is C18H23N3O4. The van der Waals surface area contributed by atoms with E-state index in [0.717, 1.165) is 12.8 Å². The van der Waals surface area contributed by atoms with Gasteiger partial charge in [-0.2, -0.15) is 0 Å². The molecule has 0 bridgehead atoms. The molecule has 0 atom stereocenters. The van der Waals surface area contributed by atoms with Crippen LogP contribution in [0.25, 0.3) is 0 Å². The predicted molar refractivity (Wildman–Crippen MR) is 94.6 cm³/mol. The van der Waals surface area contributed by atoms with Crippen LogP contribution in [0.4, 0.5) is 10.5 Å². The van der Waals surface area contributed by atoms with Crippen molar-refractivity contribution < 1.29 is 19.4 Å². The number of terminal acetylenes is 1. The molecule has 0 aromatic heterocycles. The second-order valence-electron chi connectivity index (χ2n) is 5.87. The molecule has 0 saturated heterocycles. The molecular weight excluding hydrogens is 322 g/mol. The van der Waals surface area contributed by atoms with Crippen molar-refractivity contribution in [3.63, 3.8) is 0 Å². The van der Waals surface area contributed by atoms with Crippen LogP contribution in [-0.4, -0.2) is 53.8 Å². The molecule has 1 aliphatic rings. The Balaban J connectivity index is 1.81. The largest absolute Gasteiger partial charge is 0.480 e. The van der Waals surface area contributed by atoms with Crippen molar-refractivity contribution in [2.45, 2.75) is 31.8 Å². The maximum absolute atomic E-state index is 12.1. The number of carbonyl (C=O) groups is 2. The van der Waals surface area contributed by atoms with E-state index < -0.39 is 5.97 Å². The fourth-order valence-corrected chi connectivity index (χ4v) is 2.84. The van der Waals surface area contributed by atoms with Gasteiger partial charge in [-0.05, 0) is 31.5 Å². The first kappa shape index (κ1) is 18.6. The van der Waals surface area contributed by atoms with Crippen LogP contribution in [0, 0.1) is 12.3 Å². The van der Waals surface area contributed by atoms with Crippen LogP contribution < -0.4 is 15.4 Å². The zero-order valence-corrected chi connectivity index (χ0v) is 14.2. The van der Waals surface area contributed by atoms with Gasteiger partial charge in [-0.1, -0.05) is 25.0 Å². The maximum atomic E-state index is 12.1. The number of carboxylic acid groups (broad SMARTS) is 1. The van der Waals surface area contributed by atoms with Crippen molar-refractivity contribution >= 4 is 17.7 Å². The number of nitrogens with zero attached hydrogens (tertiary/aromatic N) is 1. The second kappa shape index (κ2) is 8.94. The number of carboxylic acids is 1. The average Bonchev–Trinajstić information content (AvgIpc) is 2.55. The Morgan fingerprint density at radius 2 is 2.12 bits per heavy atom. The highest BCUT2D eigenvalue weighted by Crippen LogP contribution is 2.27. The number of hydrogen-bond acceptors (Lipinski definition) is 4. The Hall–Kier alpha value is -2.72. The highest BCUT2D eigenvalue weighted by atomic mass is 16.5. The first-order chi connectivity index (χ1) is 12.0. The lowest BCUT2D eigenvalue weighted by molar-refractivity contribution is -0.139. The summed E-state index contributed by atoms with van der Waals surface area (Å²) < 4.78 is 5.39. The molecule has 2 rings (SSSR count). The van der Waals surface area contributed by atoms with Crippen molar-refractivity contribution in [1.82, 2.24) is 10.2 Å². The monoisotopic (exact) mass is 345 g/mol. The van der Waals surface area contributed by atoms with Crippen LogP contribution in [-0.2, 0) is 4.79 Å². The highest BCUT2D eigenvalue weighted by Gasteiger charge is 2.34. The molecule has 1 fully saturated rings. The number of para-hydroxylation sites is 2. The molecule has 3 N–H and O–H groups in total. The lowest BCUT2D eigenvalue weighted by Crippen LogP contribution is -2.55. The number of hydrogen-bond donors (Lipinski definition) is 3. The van der Waals surface area contributed by atoms with E-state index in [2.05, 4.69) is 16.6 Å². The van der Waals surface area contributed by atoms with E-state index in [1.807, 2.05) is 11.8 Å². The quantitative estimate of drug-likeness (QED) is 0.625. The van der Waals surface area contributed by atoms with E-state index >= 15 is 0 Å². The van der Waals surface area contributed by atoms with Gasteiger partial charge in [0.25, 0.3) is 0 Å². The van der Waals surface area contributed by atoms with E-state index in [-0.39, 0.29) is 31.3 Å². The zero-order valence-electron chi connectivity index (χ0n) is 14.2. The first-order valence-corrected chi connectivity index (χ1v) is 8.22. The maximum Gasteiger partial charge on any atom is 0.319 e. The molecule has 2 amide bonds. The van der Waals surface area contributed by atoms with E-state index in [0.29, 0.717) is 18.0 Å². The van der Waals surface area contributed by atoms with Crippen molar-refractivity contribution in [3.8, 4) is 18.1 Å². The molecule has 25 heavy (non-hydrogen) atoms. The molecule has 7 heteroatoms. The smallest absolute Gasteiger partial charge is 0.319 e. The van der Waals surface area contributed by atoms with Gasteiger partial charge < -0.3 is 20.5 Å². The normalized spacial score (nSPS) is 18.8. The van der Waals surface area contributed by atoms with Crippen LogP contribution >= 0.6 is 0 Å². The van der Waals surface area contributed by atoms with Crippen molar-refractivity contribution in [1.29, 1.82) is 0 Å². The summed E-state index contributed by atoms with van der Waals surface area (Å²) in [7, 11) is 0. The predicted octanol–water partition coefficient (Wildman–Crippen LogP) is 1.76. The minimum atomic E-state index is -0.834. The van der Waals surface area contributed by atoms with Gasteiger partial charge in [0, 0.05) is 12.1 Å². The Morgan fingerprint density at radius 3 is 2.76 bits per heavy atom. The topological polar surface area (TPSA) is 90.9 Å². The third kappa shape index (κ3) is 5.40. The van der Waals surface area contributed by atoms with Crippen LogP contribution in [0.15, 0.2) is 24.3 Å². The van der Waals surface area contributed by atoms with Crippen molar-refractivity contribution in [2.24, 2.45) is 0 Å². The number of ether oxygens (including phenoxy) is 1. The molecule has 0 heterocycles. The first-order valence-electron chi connectivity index (χ1n) is 8.22. The lowest BCUT2D eigenvalue weighted by atomic mass is 9.85. The van der Waals surface area contributed by atoms with Gasteiger partial charge in [-0.3, -0.25) is 9.69 Å². The van der Waals surface area contributed by atoms with Crippen LogP contribution in [0.2, 0.25) is 0 Å². The number of benzene rings is 1. The molecule has 0 aliphatic heterocycles. The molecule has 0 spiro atoms. The van der Waals surface area contributed by atoms with E-state index in [1.54, 1.807) is 24.3 Å². The fraction of sp³-hybridized carbons (Fsp3) is 0.444. The summed E-state index contributed by atoms with van der Waals surface area (Å²) in [6.07, 6.45) is 6.66. The van der Waals surface area contributed by atoms with Gasteiger partial charge in [0.2, 0.25) is 0 Å². The summed E-state index contributed by atoms with van der Waals surface area (Å²) >= 11 is 0. The van der Waals surface area contributed by atoms with E-state index in [4.69, 9.17) is 16.3 Å². The van der Waals surface area contributed by atoms with Crippen molar-refractivity contribution in [3.05, 3.63) is 24.3 Å². The van der Waals surface area contributed by atoms with E-state index in [9.17, 15) is 9.59 Å². The summed E-state index contributed by atoms with van der Waals surface area (Å²) in [5.41, 5.74) is 0.548. The molecule has 1 aromatic carbocycles. The number of aliphatic carboxylic acids is 1. The van der Waals surface area contributed by atoms with Crippen LogP contribution in [0.3, 0.4) is 0 Å². The third-order valence-electron chi connectivity index (χ3n) is 4.16. The summed E-state index contributed by atoms with van der Waals surface area (Å²) in [5.74, 6) is 2.07. The molecule has 0 radical (unpaired) electrons. The standard InChI is InChI=1S/C18H23N3O4/c1-3-9-25-16-8-6-5-7-15(16)20-18(24)19-13-10-14(11-13)21(4-2)12-17(22)23/h1,5-8,13-14H,4,9-12H2,2H3,(H,22,23)(H2,19,20,24). The summed E-state index contributed by atoms with van der Waals surface area (Å²) in [4.78, 5) is 24.9. The Bertz CT molecular complexity index is 650. The highest BCUT2D eigenvalue weighted by molar-refractivity contribution is 5.91. The minimum absolute atomic E-state index is 0.0278. The average molecular weight is 345 g/mol. The lowest BCUT2D eigenvalue weighted by Gasteiger charge is -2.42. The van der Waals surface area contributed by atoms with Gasteiger partial charge in [0.1, 0.15) is 12.4 Å². The van der Waals surface area contributed by atoms with Crippen LogP contribution in [0.1, 0.15) is 19.8 Å². The SMILES string of the molecule is C#CCOc1ccccc1NC(=O)NC1CC(N(CC)CC(=O)O)C1. The fourth-order valence-electron chi connectivity index (χ4n) is 2.84. The number of nitrogens with one attached hydrogen (secondary N) is 2. The molecule has 134 valence electrons. The number of amides is 2. The molecule has 1 aromatic rings. The Kier molecular flexibility index (Phi) is 6.66. The molecule has 1 aliphatic carbocycles. The minimum Gasteiger partial charge on any atom is -0.480 e. The molecule has 0 unspecified atom stereocenters. The van der Waals surface area contributed by atoms with Gasteiger partial charge in [0.05, 0.1) is 12.2 Å². The number of rotatable bonds is 8. The number of anilines is 1. The van der Waals surface area contributed by atoms with Crippen molar-refractivity contribution in [2.75, 3.05) is 25.0 Å². The number of likely N-dealkylation sites (N-methyl/N-ethyl adjacent to an activating group) is 1. The van der Waals surface area contributed by atoms with Gasteiger partial charge in [-0.25, -0.2) is 4.79 Å². The Morgan fingerprint density at radius 1 is 1.40 bits per heavy atom. The number of carbonyl (C=O) groups excluding carboxylic acids is 1. The molecule has 7 nitrogen and oxygen atoms in total. The van der Waals surface area contributed by atoms with Gasteiger partial charge >= 0.3 is 12.0 Å². The van der Waals surface area contributed by atoms with Gasteiger partial charge in [0.15, 0.2) is 0 Å².